The van der Waals surface area contributed by atoms with E-state index in [4.69, 9.17) is 5.21 Å². The van der Waals surface area contributed by atoms with Crippen LogP contribution in [0, 0.1) is 6.92 Å². The minimum Gasteiger partial charge on any atom is -0.290 e. The van der Waals surface area contributed by atoms with Gasteiger partial charge in [-0.25, -0.2) is 4.98 Å². The van der Waals surface area contributed by atoms with Crippen LogP contribution >= 0.6 is 0 Å². The molecule has 1 heterocycles. The lowest BCUT2D eigenvalue weighted by atomic mass is 10.1. The van der Waals surface area contributed by atoms with Crippen LogP contribution in [-0.4, -0.2) is 10.2 Å². The molecule has 2 N–H and O–H groups in total. The number of rotatable bonds is 2. The van der Waals surface area contributed by atoms with Crippen molar-refractivity contribution in [3.63, 3.8) is 0 Å². The Morgan fingerprint density at radius 1 is 1.07 bits per heavy atom. The van der Waals surface area contributed by atoms with Crippen LogP contribution < -0.4 is 5.48 Å². The number of aromatic nitrogens is 1. The minimum atomic E-state index is 0.452. The first-order valence-corrected chi connectivity index (χ1v) is 4.74. The van der Waals surface area contributed by atoms with Crippen LogP contribution in [0.25, 0.3) is 11.3 Å². The third-order valence-electron chi connectivity index (χ3n) is 2.21. The van der Waals surface area contributed by atoms with Crippen molar-refractivity contribution in [1.82, 2.24) is 4.98 Å². The van der Waals surface area contributed by atoms with Crippen molar-refractivity contribution >= 4 is 5.82 Å². The third-order valence-corrected chi connectivity index (χ3v) is 2.21. The number of benzene rings is 1. The van der Waals surface area contributed by atoms with Gasteiger partial charge in [0.2, 0.25) is 0 Å². The Morgan fingerprint density at radius 2 is 1.80 bits per heavy atom. The van der Waals surface area contributed by atoms with Crippen molar-refractivity contribution in [3.05, 3.63) is 48.0 Å². The van der Waals surface area contributed by atoms with E-state index in [1.165, 1.54) is 5.56 Å². The molecule has 0 aliphatic carbocycles. The summed E-state index contributed by atoms with van der Waals surface area (Å²) in [6.07, 6.45) is 0. The Kier molecular flexibility index (Phi) is 2.65. The number of hydrogen-bond donors (Lipinski definition) is 2. The summed E-state index contributed by atoms with van der Waals surface area (Å²) in [5.41, 5.74) is 5.14. The van der Waals surface area contributed by atoms with Crippen LogP contribution in [0.2, 0.25) is 0 Å². The summed E-state index contributed by atoms with van der Waals surface area (Å²) in [6, 6.07) is 13.6. The van der Waals surface area contributed by atoms with Crippen molar-refractivity contribution in [1.29, 1.82) is 0 Å². The van der Waals surface area contributed by atoms with Gasteiger partial charge in [-0.1, -0.05) is 35.9 Å². The first kappa shape index (κ1) is 9.68. The van der Waals surface area contributed by atoms with E-state index in [2.05, 4.69) is 4.98 Å². The highest BCUT2D eigenvalue weighted by Crippen LogP contribution is 2.18. The van der Waals surface area contributed by atoms with Crippen molar-refractivity contribution in [2.45, 2.75) is 6.92 Å². The monoisotopic (exact) mass is 200 g/mol. The van der Waals surface area contributed by atoms with E-state index >= 15 is 0 Å². The maximum absolute atomic E-state index is 8.74. The van der Waals surface area contributed by atoms with Gasteiger partial charge in [-0.3, -0.25) is 10.7 Å². The number of aryl methyl sites for hydroxylation is 1. The zero-order valence-corrected chi connectivity index (χ0v) is 8.44. The van der Waals surface area contributed by atoms with Gasteiger partial charge >= 0.3 is 0 Å². The highest BCUT2D eigenvalue weighted by atomic mass is 16.5. The average molecular weight is 200 g/mol. The molecule has 1 aromatic carbocycles. The summed E-state index contributed by atoms with van der Waals surface area (Å²) >= 11 is 0. The quantitative estimate of drug-likeness (QED) is 0.733. The highest BCUT2D eigenvalue weighted by molar-refractivity contribution is 5.61. The summed E-state index contributed by atoms with van der Waals surface area (Å²) in [4.78, 5) is 4.23. The largest absolute Gasteiger partial charge is 0.290 e. The molecule has 1 aromatic heterocycles. The summed E-state index contributed by atoms with van der Waals surface area (Å²) < 4.78 is 0. The molecule has 0 radical (unpaired) electrons. The first-order chi connectivity index (χ1) is 7.29. The zero-order chi connectivity index (χ0) is 10.7. The molecule has 2 aromatic rings. The molecule has 3 heteroatoms. The van der Waals surface area contributed by atoms with Gasteiger partial charge in [0.15, 0.2) is 0 Å². The van der Waals surface area contributed by atoms with E-state index in [9.17, 15) is 0 Å². The summed E-state index contributed by atoms with van der Waals surface area (Å²) in [7, 11) is 0. The van der Waals surface area contributed by atoms with E-state index < -0.39 is 0 Å². The first-order valence-electron chi connectivity index (χ1n) is 4.74. The molecule has 0 saturated heterocycles. The summed E-state index contributed by atoms with van der Waals surface area (Å²) in [5, 5.41) is 8.74. The standard InChI is InChI=1S/C12H12N2O/c1-9-5-7-10(8-6-9)11-3-2-4-12(13-11)14-15/h2-8,15H,1H3,(H,13,14). The topological polar surface area (TPSA) is 45.1 Å². The normalized spacial score (nSPS) is 10.0. The van der Waals surface area contributed by atoms with Gasteiger partial charge in [0, 0.05) is 5.56 Å². The number of anilines is 1. The zero-order valence-electron chi connectivity index (χ0n) is 8.44. The van der Waals surface area contributed by atoms with Gasteiger partial charge in [-0.15, -0.1) is 0 Å². The molecule has 76 valence electrons. The molecule has 0 amide bonds. The molecule has 15 heavy (non-hydrogen) atoms. The summed E-state index contributed by atoms with van der Waals surface area (Å²) in [6.45, 7) is 2.04. The third kappa shape index (κ3) is 2.14. The number of hydrogen-bond acceptors (Lipinski definition) is 3. The second kappa shape index (κ2) is 4.11. The average Bonchev–Trinajstić information content (AvgIpc) is 2.30. The Bertz CT molecular complexity index is 451. The fourth-order valence-corrected chi connectivity index (χ4v) is 1.38. The molecule has 0 fully saturated rings. The van der Waals surface area contributed by atoms with Gasteiger partial charge in [0.05, 0.1) is 5.69 Å². The van der Waals surface area contributed by atoms with Crippen molar-refractivity contribution in [2.75, 3.05) is 5.48 Å². The molecule has 0 spiro atoms. The van der Waals surface area contributed by atoms with Crippen LogP contribution in [0.15, 0.2) is 42.5 Å². The van der Waals surface area contributed by atoms with Gasteiger partial charge in [-0.05, 0) is 19.1 Å². The lowest BCUT2D eigenvalue weighted by Gasteiger charge is -2.03. The van der Waals surface area contributed by atoms with Crippen LogP contribution in [0.4, 0.5) is 5.82 Å². The molecule has 0 aliphatic heterocycles. The Labute approximate surface area is 88.4 Å². The van der Waals surface area contributed by atoms with Gasteiger partial charge in [0.25, 0.3) is 0 Å². The SMILES string of the molecule is Cc1ccc(-c2cccc(NO)n2)cc1. The molecule has 0 atom stereocenters. The summed E-state index contributed by atoms with van der Waals surface area (Å²) in [5.74, 6) is 0.452. The van der Waals surface area contributed by atoms with Gasteiger partial charge < -0.3 is 0 Å². The van der Waals surface area contributed by atoms with E-state index in [0.717, 1.165) is 11.3 Å². The minimum absolute atomic E-state index is 0.452. The molecule has 3 nitrogen and oxygen atoms in total. The fraction of sp³-hybridized carbons (Fsp3) is 0.0833. The van der Waals surface area contributed by atoms with Gasteiger partial charge in [0.1, 0.15) is 5.82 Å². The van der Waals surface area contributed by atoms with Crippen LogP contribution in [0.3, 0.4) is 0 Å². The highest BCUT2D eigenvalue weighted by Gasteiger charge is 1.99. The fourth-order valence-electron chi connectivity index (χ4n) is 1.38. The number of nitrogens with one attached hydrogen (secondary N) is 1. The second-order valence-corrected chi connectivity index (χ2v) is 3.39. The molecular weight excluding hydrogens is 188 g/mol. The van der Waals surface area contributed by atoms with Crippen molar-refractivity contribution < 1.29 is 5.21 Å². The predicted octanol–water partition coefficient (Wildman–Crippen LogP) is 2.86. The van der Waals surface area contributed by atoms with E-state index in [0.29, 0.717) is 5.82 Å². The number of nitrogens with zero attached hydrogens (tertiary/aromatic N) is 1. The predicted molar refractivity (Wildman–Crippen MR) is 59.8 cm³/mol. The molecular formula is C12H12N2O. The Balaban J connectivity index is 2.40. The van der Waals surface area contributed by atoms with Crippen molar-refractivity contribution in [3.8, 4) is 11.3 Å². The Hall–Kier alpha value is -1.87. The second-order valence-electron chi connectivity index (χ2n) is 3.39. The van der Waals surface area contributed by atoms with E-state index in [-0.39, 0.29) is 0 Å². The van der Waals surface area contributed by atoms with E-state index in [1.54, 1.807) is 6.07 Å². The maximum atomic E-state index is 8.74. The molecule has 0 saturated carbocycles. The van der Waals surface area contributed by atoms with E-state index in [1.807, 2.05) is 48.8 Å². The van der Waals surface area contributed by atoms with Gasteiger partial charge in [-0.2, -0.15) is 0 Å². The smallest absolute Gasteiger partial charge is 0.150 e. The van der Waals surface area contributed by atoms with Crippen molar-refractivity contribution in [2.24, 2.45) is 0 Å². The molecule has 0 bridgehead atoms. The Morgan fingerprint density at radius 3 is 2.47 bits per heavy atom. The lowest BCUT2D eigenvalue weighted by Crippen LogP contribution is -1.93. The lowest BCUT2D eigenvalue weighted by molar-refractivity contribution is 0.386. The molecule has 0 aliphatic rings. The van der Waals surface area contributed by atoms with Crippen LogP contribution in [-0.2, 0) is 0 Å². The maximum Gasteiger partial charge on any atom is 0.150 e. The number of pyridine rings is 1. The van der Waals surface area contributed by atoms with Crippen LogP contribution in [0.5, 0.6) is 0 Å². The van der Waals surface area contributed by atoms with Crippen LogP contribution in [0.1, 0.15) is 5.56 Å². The molecule has 0 unspecified atom stereocenters. The molecule has 2 rings (SSSR count).